The first-order chi connectivity index (χ1) is 8.15. The number of hydrogen-bond acceptors (Lipinski definition) is 3. The van der Waals surface area contributed by atoms with Gasteiger partial charge in [-0.1, -0.05) is 0 Å². The van der Waals surface area contributed by atoms with E-state index in [1.807, 2.05) is 31.4 Å². The van der Waals surface area contributed by atoms with E-state index in [0.717, 1.165) is 23.4 Å². The highest BCUT2D eigenvalue weighted by Gasteiger charge is 2.08. The number of aryl methyl sites for hydroxylation is 3. The average Bonchev–Trinajstić information content (AvgIpc) is 2.77. The third kappa shape index (κ3) is 3.24. The number of carbonyl (C=O) groups excluding carboxylic acids is 1. The van der Waals surface area contributed by atoms with Gasteiger partial charge in [0.25, 0.3) is 0 Å². The van der Waals surface area contributed by atoms with Crippen molar-refractivity contribution in [3.63, 3.8) is 0 Å². The van der Waals surface area contributed by atoms with Gasteiger partial charge in [0, 0.05) is 23.4 Å². The van der Waals surface area contributed by atoms with Gasteiger partial charge in [-0.2, -0.15) is 11.3 Å². The maximum atomic E-state index is 12.0. The van der Waals surface area contributed by atoms with Gasteiger partial charge in [-0.05, 0) is 54.8 Å². The van der Waals surface area contributed by atoms with Gasteiger partial charge in [-0.15, -0.1) is 0 Å². The molecule has 0 aromatic carbocycles. The van der Waals surface area contributed by atoms with Crippen LogP contribution >= 0.6 is 11.3 Å². The molecule has 0 atom stereocenters. The van der Waals surface area contributed by atoms with Gasteiger partial charge in [-0.25, -0.2) is 0 Å². The summed E-state index contributed by atoms with van der Waals surface area (Å²) in [6.07, 6.45) is 1.39. The zero-order chi connectivity index (χ0) is 12.3. The molecule has 0 unspecified atom stereocenters. The molecule has 0 N–H and O–H groups in total. The standard InChI is InChI=1S/C14H15NOS/c1-10-7-13(8-11(2)15-10)14(16)4-3-12-5-6-17-9-12/h5-9H,3-4H2,1-2H3. The number of aromatic nitrogens is 1. The van der Waals surface area contributed by atoms with Crippen LogP contribution in [-0.4, -0.2) is 10.8 Å². The second-order valence-corrected chi connectivity index (χ2v) is 4.97. The fourth-order valence-electron chi connectivity index (χ4n) is 1.83. The van der Waals surface area contributed by atoms with Crippen molar-refractivity contribution in [2.75, 3.05) is 0 Å². The maximum absolute atomic E-state index is 12.0. The molecule has 0 aliphatic heterocycles. The normalized spacial score (nSPS) is 10.5. The van der Waals surface area contributed by atoms with Crippen LogP contribution in [0.4, 0.5) is 0 Å². The maximum Gasteiger partial charge on any atom is 0.163 e. The summed E-state index contributed by atoms with van der Waals surface area (Å²) in [5.74, 6) is 0.199. The zero-order valence-corrected chi connectivity index (χ0v) is 10.9. The summed E-state index contributed by atoms with van der Waals surface area (Å²) in [5.41, 5.74) is 3.84. The minimum absolute atomic E-state index is 0.199. The van der Waals surface area contributed by atoms with E-state index in [1.54, 1.807) is 11.3 Å². The molecule has 17 heavy (non-hydrogen) atoms. The summed E-state index contributed by atoms with van der Waals surface area (Å²) in [4.78, 5) is 16.3. The van der Waals surface area contributed by atoms with Crippen molar-refractivity contribution in [2.24, 2.45) is 0 Å². The third-order valence-electron chi connectivity index (χ3n) is 2.62. The number of carbonyl (C=O) groups is 1. The van der Waals surface area contributed by atoms with Crippen LogP contribution in [-0.2, 0) is 6.42 Å². The summed E-state index contributed by atoms with van der Waals surface area (Å²) >= 11 is 1.67. The molecule has 2 heterocycles. The Bertz CT molecular complexity index is 497. The Morgan fingerprint density at radius 2 is 2.00 bits per heavy atom. The first kappa shape index (κ1) is 12.0. The van der Waals surface area contributed by atoms with E-state index in [-0.39, 0.29) is 5.78 Å². The minimum Gasteiger partial charge on any atom is -0.294 e. The summed E-state index contributed by atoms with van der Waals surface area (Å²) in [7, 11) is 0. The highest BCUT2D eigenvalue weighted by atomic mass is 32.1. The van der Waals surface area contributed by atoms with Gasteiger partial charge < -0.3 is 0 Å². The van der Waals surface area contributed by atoms with Crippen molar-refractivity contribution >= 4 is 17.1 Å². The Hall–Kier alpha value is -1.48. The lowest BCUT2D eigenvalue weighted by atomic mass is 10.0. The van der Waals surface area contributed by atoms with Crippen molar-refractivity contribution in [2.45, 2.75) is 26.7 Å². The molecule has 0 saturated carbocycles. The second-order valence-electron chi connectivity index (χ2n) is 4.19. The van der Waals surface area contributed by atoms with Crippen LogP contribution in [0.2, 0.25) is 0 Å². The van der Waals surface area contributed by atoms with Gasteiger partial charge in [0.2, 0.25) is 0 Å². The fourth-order valence-corrected chi connectivity index (χ4v) is 2.54. The fraction of sp³-hybridized carbons (Fsp3) is 0.286. The molecule has 0 radical (unpaired) electrons. The van der Waals surface area contributed by atoms with Crippen LogP contribution in [0.25, 0.3) is 0 Å². The van der Waals surface area contributed by atoms with Gasteiger partial charge in [-0.3, -0.25) is 9.78 Å². The van der Waals surface area contributed by atoms with Crippen molar-refractivity contribution in [3.8, 4) is 0 Å². The third-order valence-corrected chi connectivity index (χ3v) is 3.36. The summed E-state index contributed by atoms with van der Waals surface area (Å²) in [6, 6.07) is 5.80. The van der Waals surface area contributed by atoms with E-state index in [0.29, 0.717) is 6.42 Å². The zero-order valence-electron chi connectivity index (χ0n) is 10.1. The van der Waals surface area contributed by atoms with Crippen LogP contribution in [0.3, 0.4) is 0 Å². The van der Waals surface area contributed by atoms with Crippen molar-refractivity contribution < 1.29 is 4.79 Å². The average molecular weight is 245 g/mol. The molecule has 88 valence electrons. The summed E-state index contributed by atoms with van der Waals surface area (Å²) in [5, 5.41) is 4.14. The molecule has 0 spiro atoms. The minimum atomic E-state index is 0.199. The topological polar surface area (TPSA) is 30.0 Å². The number of rotatable bonds is 4. The molecule has 0 aliphatic rings. The Balaban J connectivity index is 2.04. The molecule has 0 bridgehead atoms. The van der Waals surface area contributed by atoms with E-state index in [1.165, 1.54) is 5.56 Å². The van der Waals surface area contributed by atoms with Crippen LogP contribution in [0, 0.1) is 13.8 Å². The first-order valence-corrected chi connectivity index (χ1v) is 6.59. The lowest BCUT2D eigenvalue weighted by molar-refractivity contribution is 0.0982. The Kier molecular flexibility index (Phi) is 3.69. The van der Waals surface area contributed by atoms with Gasteiger partial charge in [0.15, 0.2) is 5.78 Å². The largest absolute Gasteiger partial charge is 0.294 e. The Labute approximate surface area is 105 Å². The molecule has 0 saturated heterocycles. The van der Waals surface area contributed by atoms with Crippen LogP contribution in [0.15, 0.2) is 29.0 Å². The smallest absolute Gasteiger partial charge is 0.163 e. The molecule has 0 amide bonds. The monoisotopic (exact) mass is 245 g/mol. The number of pyridine rings is 1. The summed E-state index contributed by atoms with van der Waals surface area (Å²) < 4.78 is 0. The van der Waals surface area contributed by atoms with Crippen molar-refractivity contribution in [1.29, 1.82) is 0 Å². The molecule has 3 heteroatoms. The van der Waals surface area contributed by atoms with Crippen LogP contribution in [0.1, 0.15) is 33.7 Å². The lowest BCUT2D eigenvalue weighted by Crippen LogP contribution is -2.03. The molecular weight excluding hydrogens is 230 g/mol. The highest BCUT2D eigenvalue weighted by Crippen LogP contribution is 2.12. The predicted molar refractivity (Wildman–Crippen MR) is 70.7 cm³/mol. The second kappa shape index (κ2) is 5.23. The van der Waals surface area contributed by atoms with E-state index >= 15 is 0 Å². The van der Waals surface area contributed by atoms with Crippen molar-refractivity contribution in [3.05, 3.63) is 51.5 Å². The van der Waals surface area contributed by atoms with Crippen LogP contribution < -0.4 is 0 Å². The Morgan fingerprint density at radius 3 is 2.59 bits per heavy atom. The molecular formula is C14H15NOS. The van der Waals surface area contributed by atoms with Gasteiger partial charge >= 0.3 is 0 Å². The van der Waals surface area contributed by atoms with E-state index in [9.17, 15) is 4.79 Å². The number of Topliss-reactive ketones (excluding diaryl/α,β-unsaturated/α-hetero) is 1. The van der Waals surface area contributed by atoms with E-state index in [4.69, 9.17) is 0 Å². The molecule has 2 nitrogen and oxygen atoms in total. The van der Waals surface area contributed by atoms with Gasteiger partial charge in [0.05, 0.1) is 0 Å². The van der Waals surface area contributed by atoms with E-state index < -0.39 is 0 Å². The summed E-state index contributed by atoms with van der Waals surface area (Å²) in [6.45, 7) is 3.84. The first-order valence-electron chi connectivity index (χ1n) is 5.65. The molecule has 0 fully saturated rings. The molecule has 0 aliphatic carbocycles. The van der Waals surface area contributed by atoms with E-state index in [2.05, 4.69) is 16.4 Å². The number of thiophene rings is 1. The predicted octanol–water partition coefficient (Wildman–Crippen LogP) is 3.58. The van der Waals surface area contributed by atoms with Crippen molar-refractivity contribution in [1.82, 2.24) is 4.98 Å². The number of hydrogen-bond donors (Lipinski definition) is 0. The quantitative estimate of drug-likeness (QED) is 0.771. The highest BCUT2D eigenvalue weighted by molar-refractivity contribution is 7.07. The SMILES string of the molecule is Cc1cc(C(=O)CCc2ccsc2)cc(C)n1. The van der Waals surface area contributed by atoms with Gasteiger partial charge in [0.1, 0.15) is 0 Å². The number of ketones is 1. The number of nitrogens with zero attached hydrogens (tertiary/aromatic N) is 1. The lowest BCUT2D eigenvalue weighted by Gasteiger charge is -2.03. The molecule has 2 aromatic rings. The Morgan fingerprint density at radius 1 is 1.29 bits per heavy atom. The van der Waals surface area contributed by atoms with Crippen LogP contribution in [0.5, 0.6) is 0 Å². The molecule has 2 rings (SSSR count). The molecule has 2 aromatic heterocycles.